The van der Waals surface area contributed by atoms with Crippen molar-refractivity contribution in [2.75, 3.05) is 39.5 Å². The summed E-state index contributed by atoms with van der Waals surface area (Å²) in [6.07, 6.45) is 3.65. The van der Waals surface area contributed by atoms with E-state index in [4.69, 9.17) is 40.0 Å². The van der Waals surface area contributed by atoms with Crippen LogP contribution in [-0.2, 0) is 34.0 Å². The SMILES string of the molecule is CC(C)COCC(C)(C)CN.Cc1ccc2nc(CN3CCC(c4cccc(OCc5ccc(C#N)cc5F)n4)CC3)n(CC3CCO3)c2c1.NC=O. The van der Waals surface area contributed by atoms with Crippen LogP contribution in [0.5, 0.6) is 5.88 Å². The van der Waals surface area contributed by atoms with Gasteiger partial charge in [0.15, 0.2) is 0 Å². The van der Waals surface area contributed by atoms with Crippen LogP contribution in [0.15, 0.2) is 54.6 Å². The number of likely N-dealkylation sites (tertiary alicyclic amines) is 1. The summed E-state index contributed by atoms with van der Waals surface area (Å²) in [6.45, 7) is 17.5. The summed E-state index contributed by atoms with van der Waals surface area (Å²) in [5.41, 5.74) is 15.0. The van der Waals surface area contributed by atoms with Gasteiger partial charge in [-0.1, -0.05) is 45.9 Å². The van der Waals surface area contributed by atoms with Gasteiger partial charge in [0.1, 0.15) is 18.2 Å². The molecule has 0 radical (unpaired) electrons. The maximum atomic E-state index is 14.2. The molecule has 2 saturated heterocycles. The van der Waals surface area contributed by atoms with Crippen molar-refractivity contribution >= 4 is 17.4 Å². The molecule has 4 heterocycles. The van der Waals surface area contributed by atoms with E-state index >= 15 is 0 Å². The number of rotatable bonds is 13. The first-order valence-electron chi connectivity index (χ1n) is 18.5. The van der Waals surface area contributed by atoms with Gasteiger partial charge in [0.2, 0.25) is 12.3 Å². The Hall–Kier alpha value is -4.41. The first-order valence-corrected chi connectivity index (χ1v) is 18.5. The highest BCUT2D eigenvalue weighted by molar-refractivity contribution is 5.77. The summed E-state index contributed by atoms with van der Waals surface area (Å²) in [6, 6.07) is 18.6. The molecule has 1 atom stereocenters. The number of nitriles is 1. The van der Waals surface area contributed by atoms with Crippen LogP contribution in [-0.4, -0.2) is 71.4 Å². The second kappa shape index (κ2) is 20.2. The van der Waals surface area contributed by atoms with E-state index < -0.39 is 5.82 Å². The average Bonchev–Trinajstić information content (AvgIpc) is 3.45. The average molecular weight is 730 g/mol. The number of imidazole rings is 1. The Bertz CT molecular complexity index is 1790. The Morgan fingerprint density at radius 2 is 1.85 bits per heavy atom. The van der Waals surface area contributed by atoms with Crippen molar-refractivity contribution in [3.05, 3.63) is 88.6 Å². The standard InChI is InChI=1S/C31H32FN5O2.C9H21NO.CH3NO/c1-21-5-8-28-29(15-21)37(18-25-11-14-38-25)30(34-28)19-36-12-9-23(10-13-36)27-3-2-4-31(35-27)39-20-24-7-6-22(17-33)16-26(24)32;1-8(2)5-11-7-9(3,4)6-10;2-1-3/h2-8,15-16,23,25H,9-14,18-20H2,1H3;8H,5-7,10H2,1-4H3;1H,(H2,2,3). The van der Waals surface area contributed by atoms with Crippen molar-refractivity contribution in [3.8, 4) is 11.9 Å². The van der Waals surface area contributed by atoms with Crippen molar-refractivity contribution < 1.29 is 23.4 Å². The lowest BCUT2D eigenvalue weighted by Gasteiger charge is -2.32. The number of nitrogens with two attached hydrogens (primary N) is 2. The Balaban J connectivity index is 0.000000383. The molecule has 4 aromatic rings. The van der Waals surface area contributed by atoms with E-state index in [1.165, 1.54) is 17.1 Å². The van der Waals surface area contributed by atoms with Crippen molar-refractivity contribution in [1.29, 1.82) is 5.26 Å². The first-order chi connectivity index (χ1) is 25.4. The maximum Gasteiger partial charge on any atom is 0.213 e. The van der Waals surface area contributed by atoms with Crippen LogP contribution in [0.2, 0.25) is 0 Å². The maximum absolute atomic E-state index is 14.2. The predicted octanol–water partition coefficient (Wildman–Crippen LogP) is 6.24. The fourth-order valence-electron chi connectivity index (χ4n) is 6.08. The Labute approximate surface area is 313 Å². The number of aromatic nitrogens is 3. The number of benzene rings is 2. The summed E-state index contributed by atoms with van der Waals surface area (Å²) < 4.78 is 33.6. The number of hydrogen-bond acceptors (Lipinski definition) is 9. The van der Waals surface area contributed by atoms with Gasteiger partial charge in [-0.05, 0) is 87.6 Å². The molecular formula is C41H56FN7O4. The molecule has 1 amide bonds. The van der Waals surface area contributed by atoms with Crippen LogP contribution >= 0.6 is 0 Å². The molecule has 6 rings (SSSR count). The molecule has 0 spiro atoms. The topological polar surface area (TPSA) is 155 Å². The molecule has 286 valence electrons. The number of fused-ring (bicyclic) bond motifs is 1. The van der Waals surface area contributed by atoms with Crippen LogP contribution in [0, 0.1) is 35.4 Å². The largest absolute Gasteiger partial charge is 0.473 e. The van der Waals surface area contributed by atoms with Gasteiger partial charge < -0.3 is 30.2 Å². The molecule has 12 heteroatoms. The summed E-state index contributed by atoms with van der Waals surface area (Å²) in [5.74, 6) is 2.11. The summed E-state index contributed by atoms with van der Waals surface area (Å²) >= 11 is 0. The van der Waals surface area contributed by atoms with Crippen LogP contribution < -0.4 is 16.2 Å². The number of piperidine rings is 1. The first kappa shape index (κ1) is 41.3. The number of primary amides is 1. The van der Waals surface area contributed by atoms with Gasteiger partial charge in [-0.2, -0.15) is 5.26 Å². The Morgan fingerprint density at radius 1 is 1.11 bits per heavy atom. The fraction of sp³-hybridized carbons (Fsp3) is 0.512. The number of carbonyl (C=O) groups excluding carboxylic acids is 1. The second-order valence-corrected chi connectivity index (χ2v) is 15.0. The number of amides is 1. The molecule has 1 unspecified atom stereocenters. The molecule has 11 nitrogen and oxygen atoms in total. The van der Waals surface area contributed by atoms with Crippen LogP contribution in [0.3, 0.4) is 0 Å². The number of aryl methyl sites for hydroxylation is 1. The predicted molar refractivity (Wildman–Crippen MR) is 205 cm³/mol. The summed E-state index contributed by atoms with van der Waals surface area (Å²) in [5, 5.41) is 8.93. The van der Waals surface area contributed by atoms with E-state index in [0.717, 1.165) is 82.3 Å². The number of carbonyl (C=O) groups is 1. The number of pyridine rings is 1. The zero-order valence-electron chi connectivity index (χ0n) is 31.9. The Kier molecular flexibility index (Phi) is 15.7. The summed E-state index contributed by atoms with van der Waals surface area (Å²) in [4.78, 5) is 20.8. The lowest BCUT2D eigenvalue weighted by Crippen LogP contribution is -2.35. The Morgan fingerprint density at radius 3 is 2.47 bits per heavy atom. The van der Waals surface area contributed by atoms with E-state index in [2.05, 4.69) is 74.1 Å². The van der Waals surface area contributed by atoms with E-state index in [-0.39, 0.29) is 24.5 Å². The van der Waals surface area contributed by atoms with Gasteiger partial charge in [-0.3, -0.25) is 9.69 Å². The van der Waals surface area contributed by atoms with Crippen molar-refractivity contribution in [2.24, 2.45) is 22.8 Å². The highest BCUT2D eigenvalue weighted by Crippen LogP contribution is 2.30. The zero-order chi connectivity index (χ0) is 38.4. The van der Waals surface area contributed by atoms with Crippen LogP contribution in [0.25, 0.3) is 11.0 Å². The van der Waals surface area contributed by atoms with E-state index in [1.807, 2.05) is 12.1 Å². The van der Waals surface area contributed by atoms with E-state index in [1.54, 1.807) is 18.2 Å². The van der Waals surface area contributed by atoms with Gasteiger partial charge >= 0.3 is 0 Å². The number of hydrogen-bond donors (Lipinski definition) is 2. The third-order valence-electron chi connectivity index (χ3n) is 9.33. The lowest BCUT2D eigenvalue weighted by molar-refractivity contribution is -0.106. The van der Waals surface area contributed by atoms with Gasteiger partial charge in [-0.25, -0.2) is 14.4 Å². The third kappa shape index (κ3) is 12.6. The lowest BCUT2D eigenvalue weighted by atomic mass is 9.93. The van der Waals surface area contributed by atoms with E-state index in [0.29, 0.717) is 35.4 Å². The molecular weight excluding hydrogens is 673 g/mol. The van der Waals surface area contributed by atoms with Gasteiger partial charge in [0, 0.05) is 41.9 Å². The number of halogens is 1. The van der Waals surface area contributed by atoms with Crippen LogP contribution in [0.1, 0.15) is 81.1 Å². The highest BCUT2D eigenvalue weighted by Gasteiger charge is 2.26. The molecule has 0 saturated carbocycles. The summed E-state index contributed by atoms with van der Waals surface area (Å²) in [7, 11) is 0. The molecule has 2 aromatic heterocycles. The van der Waals surface area contributed by atoms with Gasteiger partial charge in [-0.15, -0.1) is 0 Å². The molecule has 0 bridgehead atoms. The fourth-order valence-corrected chi connectivity index (χ4v) is 6.08. The number of ether oxygens (including phenoxy) is 3. The number of nitrogens with zero attached hydrogens (tertiary/aromatic N) is 5. The molecule has 2 aliphatic rings. The van der Waals surface area contributed by atoms with Crippen molar-refractivity contribution in [3.63, 3.8) is 0 Å². The highest BCUT2D eigenvalue weighted by atomic mass is 19.1. The quantitative estimate of drug-likeness (QED) is 0.152. The molecule has 4 N–H and O–H groups in total. The molecule has 53 heavy (non-hydrogen) atoms. The van der Waals surface area contributed by atoms with Crippen LogP contribution in [0.4, 0.5) is 4.39 Å². The molecule has 2 aliphatic heterocycles. The minimum Gasteiger partial charge on any atom is -0.473 e. The normalized spacial score (nSPS) is 16.2. The molecule has 2 fully saturated rings. The molecule has 0 aliphatic carbocycles. The van der Waals surface area contributed by atoms with E-state index in [9.17, 15) is 4.39 Å². The van der Waals surface area contributed by atoms with Gasteiger partial charge in [0.25, 0.3) is 0 Å². The minimum absolute atomic E-state index is 0.0683. The van der Waals surface area contributed by atoms with Gasteiger partial charge in [0.05, 0.1) is 48.5 Å². The smallest absolute Gasteiger partial charge is 0.213 e. The van der Waals surface area contributed by atoms with Crippen molar-refractivity contribution in [1.82, 2.24) is 19.4 Å². The second-order valence-electron chi connectivity index (χ2n) is 15.0. The molecule has 2 aromatic carbocycles. The zero-order valence-corrected chi connectivity index (χ0v) is 31.9. The monoisotopic (exact) mass is 729 g/mol. The van der Waals surface area contributed by atoms with Crippen molar-refractivity contribution in [2.45, 2.75) is 85.6 Å². The minimum atomic E-state index is -0.443. The third-order valence-corrected chi connectivity index (χ3v) is 9.33.